The number of rotatable bonds is 5. The van der Waals surface area contributed by atoms with Crippen molar-refractivity contribution >= 4 is 12.0 Å². The van der Waals surface area contributed by atoms with E-state index in [0.29, 0.717) is 0 Å². The summed E-state index contributed by atoms with van der Waals surface area (Å²) in [5.41, 5.74) is 0.490. The highest BCUT2D eigenvalue weighted by Gasteiger charge is 2.32. The molecule has 1 rings (SSSR count). The maximum absolute atomic E-state index is 12.3. The molecule has 0 aliphatic rings. The average Bonchev–Trinajstić information content (AvgIpc) is 2.33. The Hall–Kier alpha value is -2.49. The second-order valence-electron chi connectivity index (χ2n) is 3.74. The first kappa shape index (κ1) is 15.6. The van der Waals surface area contributed by atoms with Crippen molar-refractivity contribution in [3.05, 3.63) is 35.4 Å². The monoisotopic (exact) mass is 285 g/mol. The summed E-state index contributed by atoms with van der Waals surface area (Å²) >= 11 is 0. The van der Waals surface area contributed by atoms with Crippen molar-refractivity contribution in [3.63, 3.8) is 0 Å². The minimum atomic E-state index is -4.85. The first-order valence-corrected chi connectivity index (χ1v) is 5.48. The first-order chi connectivity index (χ1) is 9.31. The van der Waals surface area contributed by atoms with Gasteiger partial charge in [-0.25, -0.2) is 4.79 Å². The van der Waals surface area contributed by atoms with Gasteiger partial charge >= 0.3 is 12.3 Å². The fraction of sp³-hybridized carbons (Fsp3) is 0.231. The molecular weight excluding hydrogens is 275 g/mol. The third kappa shape index (κ3) is 5.44. The summed E-state index contributed by atoms with van der Waals surface area (Å²) < 4.78 is 40.8. The maximum Gasteiger partial charge on any atom is 0.573 e. The second kappa shape index (κ2) is 6.61. The molecule has 0 amide bonds. The molecule has 0 aliphatic carbocycles. The van der Waals surface area contributed by atoms with E-state index in [0.717, 1.165) is 18.2 Å². The van der Waals surface area contributed by atoms with Crippen molar-refractivity contribution in [2.45, 2.75) is 19.2 Å². The molecule has 7 heteroatoms. The number of aliphatic carboxylic acids is 1. The zero-order valence-electron chi connectivity index (χ0n) is 10.1. The number of nitrogens with zero attached hydrogens (tertiary/aromatic N) is 1. The number of ether oxygens (including phenoxy) is 1. The van der Waals surface area contributed by atoms with Crippen LogP contribution in [0.5, 0.6) is 5.75 Å². The van der Waals surface area contributed by atoms with Crippen LogP contribution in [0.25, 0.3) is 6.08 Å². The Bertz CT molecular complexity index is 559. The van der Waals surface area contributed by atoms with Gasteiger partial charge in [-0.2, -0.15) is 5.26 Å². The van der Waals surface area contributed by atoms with E-state index in [4.69, 9.17) is 10.4 Å². The summed E-state index contributed by atoms with van der Waals surface area (Å²) in [6, 6.07) is 5.74. The molecule has 0 aromatic heterocycles. The number of nitriles is 1. The lowest BCUT2D eigenvalue weighted by Gasteiger charge is -2.13. The highest BCUT2D eigenvalue weighted by Crippen LogP contribution is 2.28. The highest BCUT2D eigenvalue weighted by atomic mass is 19.4. The van der Waals surface area contributed by atoms with Gasteiger partial charge in [0.2, 0.25) is 0 Å². The van der Waals surface area contributed by atoms with Crippen LogP contribution in [0.2, 0.25) is 0 Å². The van der Waals surface area contributed by atoms with Gasteiger partial charge in [-0.3, -0.25) is 0 Å². The number of alkyl halides is 3. The molecule has 0 radical (unpaired) electrons. The molecule has 0 unspecified atom stereocenters. The maximum atomic E-state index is 12.3. The van der Waals surface area contributed by atoms with Crippen molar-refractivity contribution in [1.82, 2.24) is 0 Å². The zero-order chi connectivity index (χ0) is 15.2. The molecule has 0 saturated carbocycles. The third-order valence-electron chi connectivity index (χ3n) is 2.24. The van der Waals surface area contributed by atoms with Crippen LogP contribution in [0.4, 0.5) is 13.2 Å². The lowest BCUT2D eigenvalue weighted by Crippen LogP contribution is -2.18. The number of carbonyl (C=O) groups is 1. The minimum Gasteiger partial charge on any atom is -0.478 e. The summed E-state index contributed by atoms with van der Waals surface area (Å²) in [6.45, 7) is 0. The van der Waals surface area contributed by atoms with Crippen molar-refractivity contribution in [2.24, 2.45) is 0 Å². The van der Waals surface area contributed by atoms with Crippen LogP contribution in [0.1, 0.15) is 17.5 Å². The number of carboxylic acid groups (broad SMARTS) is 1. The molecule has 0 heterocycles. The lowest BCUT2D eigenvalue weighted by atomic mass is 10.1. The van der Waals surface area contributed by atoms with E-state index in [1.807, 2.05) is 6.07 Å². The van der Waals surface area contributed by atoms with Crippen LogP contribution in [-0.2, 0) is 11.2 Å². The molecule has 4 nitrogen and oxygen atoms in total. The average molecular weight is 285 g/mol. The van der Waals surface area contributed by atoms with Crippen LogP contribution < -0.4 is 4.74 Å². The summed E-state index contributed by atoms with van der Waals surface area (Å²) in [4.78, 5) is 10.4. The van der Waals surface area contributed by atoms with E-state index in [-0.39, 0.29) is 24.0 Å². The number of hydrogen-bond acceptors (Lipinski definition) is 3. The Balaban J connectivity index is 3.07. The molecule has 0 spiro atoms. The number of aryl methyl sites for hydroxylation is 1. The fourth-order valence-electron chi connectivity index (χ4n) is 1.46. The van der Waals surface area contributed by atoms with Crippen molar-refractivity contribution in [1.29, 1.82) is 5.26 Å². The lowest BCUT2D eigenvalue weighted by molar-refractivity contribution is -0.274. The van der Waals surface area contributed by atoms with Crippen LogP contribution >= 0.6 is 0 Å². The van der Waals surface area contributed by atoms with Gasteiger partial charge in [-0.15, -0.1) is 13.2 Å². The molecule has 0 bridgehead atoms. The van der Waals surface area contributed by atoms with Crippen molar-refractivity contribution in [3.8, 4) is 11.8 Å². The second-order valence-corrected chi connectivity index (χ2v) is 3.74. The van der Waals surface area contributed by atoms with Crippen LogP contribution in [-0.4, -0.2) is 17.4 Å². The Morgan fingerprint density at radius 1 is 1.45 bits per heavy atom. The smallest absolute Gasteiger partial charge is 0.478 e. The van der Waals surface area contributed by atoms with Gasteiger partial charge in [0.05, 0.1) is 6.07 Å². The molecule has 20 heavy (non-hydrogen) atoms. The molecular formula is C13H10F3NO3. The first-order valence-electron chi connectivity index (χ1n) is 5.48. The van der Waals surface area contributed by atoms with E-state index >= 15 is 0 Å². The number of halogens is 3. The van der Waals surface area contributed by atoms with Gasteiger partial charge in [0.1, 0.15) is 5.75 Å². The van der Waals surface area contributed by atoms with Gasteiger partial charge in [-0.05, 0) is 29.7 Å². The SMILES string of the molecule is N#CCCc1ccc(/C=C/C(=O)O)cc1OC(F)(F)F. The Morgan fingerprint density at radius 2 is 2.15 bits per heavy atom. The van der Waals surface area contributed by atoms with Gasteiger partial charge < -0.3 is 9.84 Å². The fourth-order valence-corrected chi connectivity index (χ4v) is 1.46. The topological polar surface area (TPSA) is 70.3 Å². The van der Waals surface area contributed by atoms with Crippen LogP contribution in [0, 0.1) is 11.3 Å². The molecule has 0 fully saturated rings. The van der Waals surface area contributed by atoms with Crippen LogP contribution in [0.15, 0.2) is 24.3 Å². The van der Waals surface area contributed by atoms with E-state index < -0.39 is 18.1 Å². The zero-order valence-corrected chi connectivity index (χ0v) is 10.1. The summed E-state index contributed by atoms with van der Waals surface area (Å²) in [5, 5.41) is 16.9. The third-order valence-corrected chi connectivity index (χ3v) is 2.24. The standard InChI is InChI=1S/C13H10F3NO3/c14-13(15,16)20-11-8-9(4-6-12(18)19)3-5-10(11)2-1-7-17/h3-6,8H,1-2H2,(H,18,19)/b6-4+. The van der Waals surface area contributed by atoms with Gasteiger partial charge in [0.25, 0.3) is 0 Å². The van der Waals surface area contributed by atoms with E-state index in [1.165, 1.54) is 12.1 Å². The number of carboxylic acids is 1. The van der Waals surface area contributed by atoms with E-state index in [1.54, 1.807) is 0 Å². The van der Waals surface area contributed by atoms with Crippen molar-refractivity contribution in [2.75, 3.05) is 0 Å². The van der Waals surface area contributed by atoms with Gasteiger partial charge in [0, 0.05) is 12.5 Å². The van der Waals surface area contributed by atoms with Crippen LogP contribution in [0.3, 0.4) is 0 Å². The summed E-state index contributed by atoms with van der Waals surface area (Å²) in [6.07, 6.45) is -2.72. The molecule has 0 atom stereocenters. The minimum absolute atomic E-state index is 0.0541. The molecule has 0 saturated heterocycles. The summed E-state index contributed by atoms with van der Waals surface area (Å²) in [5.74, 6) is -1.64. The number of benzene rings is 1. The molecule has 0 aliphatic heterocycles. The molecule has 1 aromatic rings. The predicted molar refractivity (Wildman–Crippen MR) is 63.7 cm³/mol. The highest BCUT2D eigenvalue weighted by molar-refractivity contribution is 5.85. The largest absolute Gasteiger partial charge is 0.573 e. The van der Waals surface area contributed by atoms with Gasteiger partial charge in [0.15, 0.2) is 0 Å². The Kier molecular flexibility index (Phi) is 5.15. The Morgan fingerprint density at radius 3 is 2.70 bits per heavy atom. The molecule has 1 aromatic carbocycles. The number of hydrogen-bond donors (Lipinski definition) is 1. The predicted octanol–water partition coefficient (Wildman–Crippen LogP) is 3.14. The van der Waals surface area contributed by atoms with Gasteiger partial charge in [-0.1, -0.05) is 12.1 Å². The van der Waals surface area contributed by atoms with Crippen molar-refractivity contribution < 1.29 is 27.8 Å². The van der Waals surface area contributed by atoms with E-state index in [9.17, 15) is 18.0 Å². The quantitative estimate of drug-likeness (QED) is 0.844. The normalized spacial score (nSPS) is 11.3. The van der Waals surface area contributed by atoms with E-state index in [2.05, 4.69) is 4.74 Å². The summed E-state index contributed by atoms with van der Waals surface area (Å²) in [7, 11) is 0. The molecule has 106 valence electrons. The molecule has 1 N–H and O–H groups in total. The Labute approximate surface area is 112 Å².